The van der Waals surface area contributed by atoms with E-state index in [0.717, 1.165) is 12.1 Å². The summed E-state index contributed by atoms with van der Waals surface area (Å²) in [7, 11) is 0. The molecule has 0 amide bonds. The molecular formula is C12H14ClNO3. The van der Waals surface area contributed by atoms with Crippen molar-refractivity contribution in [3.05, 3.63) is 34.9 Å². The van der Waals surface area contributed by atoms with Crippen LogP contribution in [0.25, 0.3) is 0 Å². The highest BCUT2D eigenvalue weighted by Gasteiger charge is 2.26. The first-order chi connectivity index (χ1) is 8.16. The van der Waals surface area contributed by atoms with E-state index in [1.165, 1.54) is 0 Å². The van der Waals surface area contributed by atoms with Gasteiger partial charge in [0, 0.05) is 24.7 Å². The number of nitrogens with zero attached hydrogens (tertiary/aromatic N) is 1. The number of aliphatic carboxylic acids is 1. The summed E-state index contributed by atoms with van der Waals surface area (Å²) in [6.45, 7) is 2.24. The lowest BCUT2D eigenvalue weighted by atomic mass is 10.2. The van der Waals surface area contributed by atoms with Crippen molar-refractivity contribution in [3.8, 4) is 0 Å². The number of halogens is 1. The molecule has 2 rings (SSSR count). The smallest absolute Gasteiger partial charge is 0.334 e. The number of rotatable bonds is 3. The Morgan fingerprint density at radius 2 is 2.29 bits per heavy atom. The van der Waals surface area contributed by atoms with Crippen molar-refractivity contribution in [3.63, 3.8) is 0 Å². The summed E-state index contributed by atoms with van der Waals surface area (Å²) in [5, 5.41) is 9.61. The third-order valence-electron chi connectivity index (χ3n) is 2.78. The van der Waals surface area contributed by atoms with E-state index >= 15 is 0 Å². The van der Waals surface area contributed by atoms with Gasteiger partial charge in [-0.25, -0.2) is 4.79 Å². The van der Waals surface area contributed by atoms with Crippen LogP contribution in [0, 0.1) is 0 Å². The minimum Gasteiger partial charge on any atom is -0.479 e. The molecule has 1 aromatic rings. The van der Waals surface area contributed by atoms with E-state index in [9.17, 15) is 4.79 Å². The van der Waals surface area contributed by atoms with Crippen molar-refractivity contribution in [2.45, 2.75) is 12.6 Å². The molecule has 1 aliphatic heterocycles. The number of benzene rings is 1. The Balaban J connectivity index is 1.99. The fourth-order valence-electron chi connectivity index (χ4n) is 1.86. The van der Waals surface area contributed by atoms with Gasteiger partial charge in [0.15, 0.2) is 6.10 Å². The quantitative estimate of drug-likeness (QED) is 0.892. The monoisotopic (exact) mass is 255 g/mol. The highest BCUT2D eigenvalue weighted by atomic mass is 35.5. The van der Waals surface area contributed by atoms with E-state index in [2.05, 4.69) is 0 Å². The zero-order chi connectivity index (χ0) is 12.3. The fraction of sp³-hybridized carbons (Fsp3) is 0.417. The first kappa shape index (κ1) is 12.4. The van der Waals surface area contributed by atoms with Crippen LogP contribution in [0.4, 0.5) is 0 Å². The third kappa shape index (κ3) is 3.19. The summed E-state index contributed by atoms with van der Waals surface area (Å²) < 4.78 is 5.16. The largest absolute Gasteiger partial charge is 0.479 e. The van der Waals surface area contributed by atoms with Gasteiger partial charge >= 0.3 is 5.97 Å². The average Bonchev–Trinajstić information content (AvgIpc) is 2.32. The molecule has 0 spiro atoms. The predicted octanol–water partition coefficient (Wildman–Crippen LogP) is 1.63. The van der Waals surface area contributed by atoms with Crippen molar-refractivity contribution in [2.24, 2.45) is 0 Å². The Labute approximate surface area is 105 Å². The van der Waals surface area contributed by atoms with Crippen molar-refractivity contribution in [2.75, 3.05) is 19.7 Å². The molecular weight excluding hydrogens is 242 g/mol. The Morgan fingerprint density at radius 3 is 3.00 bits per heavy atom. The van der Waals surface area contributed by atoms with Crippen molar-refractivity contribution in [1.82, 2.24) is 4.90 Å². The standard InChI is InChI=1S/C12H14ClNO3/c13-10-4-2-1-3-9(10)7-14-5-6-17-11(8-14)12(15)16/h1-4,11H,5-8H2,(H,15,16). The van der Waals surface area contributed by atoms with Crippen LogP contribution in [0.1, 0.15) is 5.56 Å². The second-order valence-corrected chi connectivity index (χ2v) is 4.43. The van der Waals surface area contributed by atoms with E-state index in [1.807, 2.05) is 29.2 Å². The van der Waals surface area contributed by atoms with Crippen molar-refractivity contribution < 1.29 is 14.6 Å². The zero-order valence-corrected chi connectivity index (χ0v) is 10.1. The number of carbonyl (C=O) groups is 1. The molecule has 4 nitrogen and oxygen atoms in total. The van der Waals surface area contributed by atoms with Gasteiger partial charge in [-0.2, -0.15) is 0 Å². The molecule has 0 saturated carbocycles. The third-order valence-corrected chi connectivity index (χ3v) is 3.15. The van der Waals surface area contributed by atoms with Gasteiger partial charge in [0.2, 0.25) is 0 Å². The molecule has 1 atom stereocenters. The normalized spacial score (nSPS) is 21.4. The maximum absolute atomic E-state index is 10.8. The molecule has 1 unspecified atom stereocenters. The lowest BCUT2D eigenvalue weighted by molar-refractivity contribution is -0.156. The molecule has 5 heteroatoms. The van der Waals surface area contributed by atoms with Gasteiger partial charge in [0.25, 0.3) is 0 Å². The van der Waals surface area contributed by atoms with Crippen LogP contribution in [0.3, 0.4) is 0 Å². The van der Waals surface area contributed by atoms with Crippen LogP contribution in [0.15, 0.2) is 24.3 Å². The van der Waals surface area contributed by atoms with Crippen LogP contribution in [-0.2, 0) is 16.1 Å². The molecule has 0 aromatic heterocycles. The molecule has 0 bridgehead atoms. The summed E-state index contributed by atoms with van der Waals surface area (Å²) in [6.07, 6.45) is -0.730. The minimum atomic E-state index is -0.908. The van der Waals surface area contributed by atoms with Crippen LogP contribution >= 0.6 is 11.6 Å². The summed E-state index contributed by atoms with van der Waals surface area (Å²) in [5.74, 6) is -0.908. The Bertz CT molecular complexity index is 410. The Kier molecular flexibility index (Phi) is 3.99. The van der Waals surface area contributed by atoms with Gasteiger partial charge in [-0.3, -0.25) is 4.90 Å². The second kappa shape index (κ2) is 5.49. The number of hydrogen-bond acceptors (Lipinski definition) is 3. The van der Waals surface area contributed by atoms with Crippen LogP contribution in [0.2, 0.25) is 5.02 Å². The number of carboxylic acids is 1. The van der Waals surface area contributed by atoms with Crippen LogP contribution < -0.4 is 0 Å². The highest BCUT2D eigenvalue weighted by Crippen LogP contribution is 2.18. The van der Waals surface area contributed by atoms with Crippen LogP contribution in [0.5, 0.6) is 0 Å². The highest BCUT2D eigenvalue weighted by molar-refractivity contribution is 6.31. The average molecular weight is 256 g/mol. The molecule has 1 saturated heterocycles. The van der Waals surface area contributed by atoms with Gasteiger partial charge in [-0.15, -0.1) is 0 Å². The summed E-state index contributed by atoms with van der Waals surface area (Å²) >= 11 is 6.07. The van der Waals surface area contributed by atoms with Gasteiger partial charge in [0.1, 0.15) is 0 Å². The molecule has 1 aliphatic rings. The van der Waals surface area contributed by atoms with Gasteiger partial charge in [-0.1, -0.05) is 29.8 Å². The molecule has 1 N–H and O–H groups in total. The molecule has 0 aliphatic carbocycles. The van der Waals surface area contributed by atoms with Gasteiger partial charge in [0.05, 0.1) is 6.61 Å². The van der Waals surface area contributed by atoms with Gasteiger partial charge < -0.3 is 9.84 Å². The molecule has 92 valence electrons. The Morgan fingerprint density at radius 1 is 1.53 bits per heavy atom. The van der Waals surface area contributed by atoms with Gasteiger partial charge in [-0.05, 0) is 11.6 Å². The van der Waals surface area contributed by atoms with E-state index < -0.39 is 12.1 Å². The van der Waals surface area contributed by atoms with E-state index in [4.69, 9.17) is 21.4 Å². The lowest BCUT2D eigenvalue weighted by Gasteiger charge is -2.30. The second-order valence-electron chi connectivity index (χ2n) is 4.02. The fourth-order valence-corrected chi connectivity index (χ4v) is 2.06. The molecule has 17 heavy (non-hydrogen) atoms. The molecule has 1 aromatic carbocycles. The zero-order valence-electron chi connectivity index (χ0n) is 9.30. The number of ether oxygens (including phenoxy) is 1. The topological polar surface area (TPSA) is 49.8 Å². The predicted molar refractivity (Wildman–Crippen MR) is 64.1 cm³/mol. The number of carboxylic acid groups (broad SMARTS) is 1. The molecule has 1 fully saturated rings. The molecule has 0 radical (unpaired) electrons. The van der Waals surface area contributed by atoms with E-state index in [1.54, 1.807) is 0 Å². The van der Waals surface area contributed by atoms with Crippen molar-refractivity contribution >= 4 is 17.6 Å². The first-order valence-corrected chi connectivity index (χ1v) is 5.85. The summed E-state index contributed by atoms with van der Waals surface area (Å²) in [4.78, 5) is 12.9. The SMILES string of the molecule is O=C(O)C1CN(Cc2ccccc2Cl)CCO1. The maximum atomic E-state index is 10.8. The summed E-state index contributed by atoms with van der Waals surface area (Å²) in [6, 6.07) is 7.60. The van der Waals surface area contributed by atoms with Crippen LogP contribution in [-0.4, -0.2) is 41.8 Å². The minimum absolute atomic E-state index is 0.403. The van der Waals surface area contributed by atoms with E-state index in [-0.39, 0.29) is 0 Å². The Hall–Kier alpha value is -1.10. The first-order valence-electron chi connectivity index (χ1n) is 5.47. The molecule has 1 heterocycles. The van der Waals surface area contributed by atoms with Crippen molar-refractivity contribution in [1.29, 1.82) is 0 Å². The number of hydrogen-bond donors (Lipinski definition) is 1. The lowest BCUT2D eigenvalue weighted by Crippen LogP contribution is -2.45. The van der Waals surface area contributed by atoms with E-state index in [0.29, 0.717) is 24.7 Å². The maximum Gasteiger partial charge on any atom is 0.334 e. The number of morpholine rings is 1. The summed E-state index contributed by atoms with van der Waals surface area (Å²) in [5.41, 5.74) is 1.01.